The highest BCUT2D eigenvalue weighted by Gasteiger charge is 2.24. The molecule has 1 heterocycles. The van der Waals surface area contributed by atoms with E-state index in [0.717, 1.165) is 37.9 Å². The third-order valence-corrected chi connectivity index (χ3v) is 3.68. The van der Waals surface area contributed by atoms with Crippen molar-refractivity contribution < 1.29 is 9.59 Å². The van der Waals surface area contributed by atoms with E-state index < -0.39 is 0 Å². The fourth-order valence-corrected chi connectivity index (χ4v) is 2.37. The van der Waals surface area contributed by atoms with Crippen molar-refractivity contribution >= 4 is 17.5 Å². The molecular weight excluding hydrogens is 240 g/mol. The highest BCUT2D eigenvalue weighted by Crippen LogP contribution is 2.22. The molecule has 1 saturated carbocycles. The molecule has 1 aliphatic heterocycles. The molecule has 2 fully saturated rings. The van der Waals surface area contributed by atoms with E-state index in [4.69, 9.17) is 0 Å². The zero-order valence-corrected chi connectivity index (χ0v) is 10.9. The van der Waals surface area contributed by atoms with Gasteiger partial charge in [0.25, 0.3) is 5.91 Å². The van der Waals surface area contributed by atoms with Gasteiger partial charge >= 0.3 is 0 Å². The molecule has 1 saturated heterocycles. The number of nitrogens with zero attached hydrogens (tertiary/aromatic N) is 1. The maximum atomic E-state index is 11.9. The monoisotopic (exact) mass is 258 g/mol. The fourth-order valence-electron chi connectivity index (χ4n) is 2.37. The second-order valence-corrected chi connectivity index (χ2v) is 5.30. The molecule has 0 radical (unpaired) electrons. The summed E-state index contributed by atoms with van der Waals surface area (Å²) in [5.74, 6) is 0.167. The van der Waals surface area contributed by atoms with Crippen LogP contribution in [0.25, 0.3) is 0 Å². The predicted molar refractivity (Wildman–Crippen MR) is 73.1 cm³/mol. The Kier molecular flexibility index (Phi) is 3.23. The largest absolute Gasteiger partial charge is 0.349 e. The van der Waals surface area contributed by atoms with Crippen LogP contribution in [0.15, 0.2) is 24.3 Å². The van der Waals surface area contributed by atoms with E-state index >= 15 is 0 Å². The van der Waals surface area contributed by atoms with Crippen LogP contribution in [0, 0.1) is 0 Å². The van der Waals surface area contributed by atoms with Crippen molar-refractivity contribution in [2.45, 2.75) is 38.1 Å². The highest BCUT2D eigenvalue weighted by molar-refractivity contribution is 5.97. The summed E-state index contributed by atoms with van der Waals surface area (Å²) in [5, 5.41) is 2.96. The summed E-state index contributed by atoms with van der Waals surface area (Å²) in [6.45, 7) is 0.784. The Morgan fingerprint density at radius 2 is 1.89 bits per heavy atom. The highest BCUT2D eigenvalue weighted by atomic mass is 16.2. The minimum Gasteiger partial charge on any atom is -0.349 e. The minimum absolute atomic E-state index is 0.0148. The molecule has 3 rings (SSSR count). The second-order valence-electron chi connectivity index (χ2n) is 5.30. The third kappa shape index (κ3) is 2.78. The maximum Gasteiger partial charge on any atom is 0.251 e. The third-order valence-electron chi connectivity index (χ3n) is 3.68. The molecule has 4 heteroatoms. The average Bonchev–Trinajstić information content (AvgIpc) is 3.23. The molecule has 0 spiro atoms. The first-order valence-corrected chi connectivity index (χ1v) is 6.95. The Bertz CT molecular complexity index is 491. The van der Waals surface area contributed by atoms with Gasteiger partial charge in [0.05, 0.1) is 0 Å². The Morgan fingerprint density at radius 1 is 1.16 bits per heavy atom. The van der Waals surface area contributed by atoms with E-state index in [9.17, 15) is 9.59 Å². The number of piperidine rings is 1. The van der Waals surface area contributed by atoms with Crippen molar-refractivity contribution in [3.05, 3.63) is 29.8 Å². The van der Waals surface area contributed by atoms with Crippen molar-refractivity contribution in [3.8, 4) is 0 Å². The first kappa shape index (κ1) is 12.2. The quantitative estimate of drug-likeness (QED) is 0.902. The Hall–Kier alpha value is -1.84. The summed E-state index contributed by atoms with van der Waals surface area (Å²) in [6, 6.07) is 7.70. The topological polar surface area (TPSA) is 49.4 Å². The van der Waals surface area contributed by atoms with Gasteiger partial charge < -0.3 is 10.2 Å². The molecule has 19 heavy (non-hydrogen) atoms. The Balaban J connectivity index is 1.70. The van der Waals surface area contributed by atoms with Crippen LogP contribution >= 0.6 is 0 Å². The molecule has 0 bridgehead atoms. The average molecular weight is 258 g/mol. The SMILES string of the molecule is O=C(NC1CC1)c1ccc(N2CCCCC2=O)cc1. The normalized spacial score (nSPS) is 19.4. The van der Waals surface area contributed by atoms with Crippen LogP contribution in [0.2, 0.25) is 0 Å². The maximum absolute atomic E-state index is 11.9. The van der Waals surface area contributed by atoms with Crippen LogP contribution in [-0.2, 0) is 4.79 Å². The molecule has 2 amide bonds. The van der Waals surface area contributed by atoms with Gasteiger partial charge in [-0.2, -0.15) is 0 Å². The molecule has 1 N–H and O–H groups in total. The number of carbonyl (C=O) groups excluding carboxylic acids is 2. The summed E-state index contributed by atoms with van der Waals surface area (Å²) in [5.41, 5.74) is 1.56. The molecular formula is C15H18N2O2. The number of benzene rings is 1. The lowest BCUT2D eigenvalue weighted by atomic mass is 10.1. The van der Waals surface area contributed by atoms with E-state index in [0.29, 0.717) is 18.0 Å². The summed E-state index contributed by atoms with van der Waals surface area (Å²) < 4.78 is 0. The lowest BCUT2D eigenvalue weighted by Gasteiger charge is -2.26. The van der Waals surface area contributed by atoms with Crippen molar-refractivity contribution in [2.24, 2.45) is 0 Å². The molecule has 1 aromatic carbocycles. The van der Waals surface area contributed by atoms with Gasteiger partial charge in [0.15, 0.2) is 0 Å². The second kappa shape index (κ2) is 5.03. The summed E-state index contributed by atoms with van der Waals surface area (Å²) in [4.78, 5) is 25.5. The Labute approximate surface area is 112 Å². The zero-order valence-electron chi connectivity index (χ0n) is 10.9. The summed E-state index contributed by atoms with van der Waals surface area (Å²) >= 11 is 0. The standard InChI is InChI=1S/C15H18N2O2/c18-14-3-1-2-10-17(14)13-8-4-11(5-9-13)15(19)16-12-6-7-12/h4-5,8-9,12H,1-3,6-7,10H2,(H,16,19). The summed E-state index contributed by atoms with van der Waals surface area (Å²) in [7, 11) is 0. The fraction of sp³-hybridized carbons (Fsp3) is 0.467. The van der Waals surface area contributed by atoms with Crippen LogP contribution in [0.4, 0.5) is 5.69 Å². The smallest absolute Gasteiger partial charge is 0.251 e. The molecule has 1 aliphatic carbocycles. The van der Waals surface area contributed by atoms with E-state index in [-0.39, 0.29) is 11.8 Å². The van der Waals surface area contributed by atoms with Gasteiger partial charge in [-0.25, -0.2) is 0 Å². The van der Waals surface area contributed by atoms with Gasteiger partial charge in [-0.3, -0.25) is 9.59 Å². The van der Waals surface area contributed by atoms with Crippen molar-refractivity contribution in [1.29, 1.82) is 0 Å². The molecule has 4 nitrogen and oxygen atoms in total. The van der Waals surface area contributed by atoms with E-state index in [1.165, 1.54) is 0 Å². The molecule has 1 aromatic rings. The van der Waals surface area contributed by atoms with E-state index in [2.05, 4.69) is 5.32 Å². The van der Waals surface area contributed by atoms with Crippen LogP contribution in [0.1, 0.15) is 42.5 Å². The Morgan fingerprint density at radius 3 is 2.53 bits per heavy atom. The van der Waals surface area contributed by atoms with Crippen LogP contribution in [0.3, 0.4) is 0 Å². The minimum atomic E-state index is -0.0148. The lowest BCUT2D eigenvalue weighted by Crippen LogP contribution is -2.35. The number of nitrogens with one attached hydrogen (secondary N) is 1. The van der Waals surface area contributed by atoms with Crippen molar-refractivity contribution in [1.82, 2.24) is 5.32 Å². The van der Waals surface area contributed by atoms with Gasteiger partial charge in [0.2, 0.25) is 5.91 Å². The molecule has 0 atom stereocenters. The number of rotatable bonds is 3. The number of amides is 2. The number of hydrogen-bond acceptors (Lipinski definition) is 2. The molecule has 0 unspecified atom stereocenters. The van der Waals surface area contributed by atoms with Gasteiger partial charge in [0.1, 0.15) is 0 Å². The van der Waals surface area contributed by atoms with Gasteiger partial charge in [-0.05, 0) is 49.9 Å². The zero-order chi connectivity index (χ0) is 13.2. The van der Waals surface area contributed by atoms with Crippen LogP contribution < -0.4 is 10.2 Å². The predicted octanol–water partition coefficient (Wildman–Crippen LogP) is 2.10. The molecule has 2 aliphatic rings. The van der Waals surface area contributed by atoms with Crippen LogP contribution in [-0.4, -0.2) is 24.4 Å². The van der Waals surface area contributed by atoms with E-state index in [1.807, 2.05) is 17.0 Å². The summed E-state index contributed by atoms with van der Waals surface area (Å²) in [6.07, 6.45) is 4.84. The molecule has 100 valence electrons. The van der Waals surface area contributed by atoms with Gasteiger partial charge in [-0.1, -0.05) is 0 Å². The number of carbonyl (C=O) groups is 2. The first-order chi connectivity index (χ1) is 9.24. The van der Waals surface area contributed by atoms with Gasteiger partial charge in [-0.15, -0.1) is 0 Å². The first-order valence-electron chi connectivity index (χ1n) is 6.95. The lowest BCUT2D eigenvalue weighted by molar-refractivity contribution is -0.119. The van der Waals surface area contributed by atoms with Crippen molar-refractivity contribution in [3.63, 3.8) is 0 Å². The number of hydrogen-bond donors (Lipinski definition) is 1. The van der Waals surface area contributed by atoms with Gasteiger partial charge in [0, 0.05) is 30.3 Å². The van der Waals surface area contributed by atoms with Crippen LogP contribution in [0.5, 0.6) is 0 Å². The molecule has 0 aromatic heterocycles. The van der Waals surface area contributed by atoms with E-state index in [1.54, 1.807) is 12.1 Å². The van der Waals surface area contributed by atoms with Crippen molar-refractivity contribution in [2.75, 3.05) is 11.4 Å². The number of anilines is 1.